The molecule has 21 heavy (non-hydrogen) atoms. The molecule has 3 nitrogen and oxygen atoms in total. The van der Waals surface area contributed by atoms with Crippen LogP contribution in [0, 0.1) is 41.5 Å². The molecule has 0 aliphatic rings. The highest BCUT2D eigenvalue weighted by atomic mass is 16.3. The number of phenols is 1. The Morgan fingerprint density at radius 3 is 2.00 bits per heavy atom. The third-order valence-corrected chi connectivity index (χ3v) is 4.37. The maximum absolute atomic E-state index is 10.3. The minimum absolute atomic E-state index is 0.317. The molecule has 1 N–H and O–H groups in total. The third kappa shape index (κ3) is 2.60. The Morgan fingerprint density at radius 2 is 1.48 bits per heavy atom. The first-order valence-electron chi connectivity index (χ1n) is 7.25. The number of hydrogen-bond donors (Lipinski definition) is 1. The van der Waals surface area contributed by atoms with Crippen molar-refractivity contribution >= 4 is 5.71 Å². The maximum Gasteiger partial charge on any atom is 0.127 e. The second kappa shape index (κ2) is 5.40. The number of aromatic hydroxyl groups is 1. The van der Waals surface area contributed by atoms with E-state index in [4.69, 9.17) is 5.10 Å². The van der Waals surface area contributed by atoms with Gasteiger partial charge in [-0.2, -0.15) is 5.10 Å². The monoisotopic (exact) mass is 284 g/mol. The van der Waals surface area contributed by atoms with Gasteiger partial charge in [-0.1, -0.05) is 6.07 Å². The zero-order valence-corrected chi connectivity index (χ0v) is 14.0. The Labute approximate surface area is 126 Å². The van der Waals surface area contributed by atoms with Crippen molar-refractivity contribution in [3.8, 4) is 5.75 Å². The smallest absolute Gasteiger partial charge is 0.127 e. The van der Waals surface area contributed by atoms with Crippen LogP contribution in [0.25, 0.3) is 0 Å². The van der Waals surface area contributed by atoms with Gasteiger partial charge in [0.25, 0.3) is 0 Å². The molecule has 0 saturated heterocycles. The van der Waals surface area contributed by atoms with Crippen LogP contribution in [0.15, 0.2) is 17.2 Å². The average molecular weight is 284 g/mol. The standard InChI is InChI=1S/C18H24N2O/c1-10-8-11(2)18(21)17(9-10)14(5)19-20-15(6)12(3)13(4)16(20)7/h8-9,21H,1-7H3/b19-14-. The van der Waals surface area contributed by atoms with Crippen LogP contribution in [-0.2, 0) is 0 Å². The Morgan fingerprint density at radius 1 is 0.952 bits per heavy atom. The van der Waals surface area contributed by atoms with E-state index in [9.17, 15) is 5.11 Å². The minimum Gasteiger partial charge on any atom is -0.507 e. The van der Waals surface area contributed by atoms with E-state index in [1.54, 1.807) is 0 Å². The number of aromatic nitrogens is 1. The quantitative estimate of drug-likeness (QED) is 0.819. The molecule has 1 heterocycles. The van der Waals surface area contributed by atoms with Crippen molar-refractivity contribution in [2.24, 2.45) is 5.10 Å². The molecule has 0 aliphatic heterocycles. The summed E-state index contributed by atoms with van der Waals surface area (Å²) >= 11 is 0. The van der Waals surface area contributed by atoms with Gasteiger partial charge < -0.3 is 5.11 Å². The number of aryl methyl sites for hydroxylation is 2. The second-order valence-electron chi connectivity index (χ2n) is 5.90. The molecule has 0 amide bonds. The van der Waals surface area contributed by atoms with Gasteiger partial charge in [-0.05, 0) is 76.8 Å². The molecule has 2 aromatic rings. The minimum atomic E-state index is 0.317. The van der Waals surface area contributed by atoms with Crippen LogP contribution in [0.4, 0.5) is 0 Å². The molecule has 0 aliphatic carbocycles. The molecule has 0 bridgehead atoms. The van der Waals surface area contributed by atoms with Crippen LogP contribution in [-0.4, -0.2) is 15.5 Å². The first kappa shape index (κ1) is 15.4. The molecule has 3 heteroatoms. The molecule has 0 radical (unpaired) electrons. The summed E-state index contributed by atoms with van der Waals surface area (Å²) in [5.74, 6) is 0.317. The first-order valence-corrected chi connectivity index (χ1v) is 7.25. The lowest BCUT2D eigenvalue weighted by atomic mass is 10.0. The maximum atomic E-state index is 10.3. The van der Waals surface area contributed by atoms with Gasteiger partial charge in [0.1, 0.15) is 5.75 Å². The summed E-state index contributed by atoms with van der Waals surface area (Å²) < 4.78 is 1.97. The van der Waals surface area contributed by atoms with Crippen molar-refractivity contribution in [3.05, 3.63) is 51.3 Å². The molecule has 0 atom stereocenters. The van der Waals surface area contributed by atoms with Gasteiger partial charge in [0.05, 0.1) is 5.71 Å². The van der Waals surface area contributed by atoms with Gasteiger partial charge in [0.2, 0.25) is 0 Å². The topological polar surface area (TPSA) is 37.5 Å². The largest absolute Gasteiger partial charge is 0.507 e. The molecule has 112 valence electrons. The lowest BCUT2D eigenvalue weighted by molar-refractivity contribution is 0.469. The summed E-state index contributed by atoms with van der Waals surface area (Å²) in [7, 11) is 0. The van der Waals surface area contributed by atoms with Gasteiger partial charge in [0, 0.05) is 17.0 Å². The molecular weight excluding hydrogens is 260 g/mol. The van der Waals surface area contributed by atoms with Gasteiger partial charge in [0.15, 0.2) is 0 Å². The van der Waals surface area contributed by atoms with E-state index in [0.717, 1.165) is 33.8 Å². The van der Waals surface area contributed by atoms with E-state index >= 15 is 0 Å². The SMILES string of the molecule is C/C(=N/n1c(C)c(C)c(C)c1C)c1cc(C)cc(C)c1O. The number of phenolic OH excluding ortho intramolecular Hbond substituents is 1. The summed E-state index contributed by atoms with van der Waals surface area (Å²) in [6.07, 6.45) is 0. The highest BCUT2D eigenvalue weighted by Crippen LogP contribution is 2.26. The molecule has 0 saturated carbocycles. The summed E-state index contributed by atoms with van der Waals surface area (Å²) in [4.78, 5) is 0. The Balaban J connectivity index is 2.60. The third-order valence-electron chi connectivity index (χ3n) is 4.37. The van der Waals surface area contributed by atoms with E-state index in [0.29, 0.717) is 5.75 Å². The molecule has 0 fully saturated rings. The predicted octanol–water partition coefficient (Wildman–Crippen LogP) is 4.32. The van der Waals surface area contributed by atoms with Gasteiger partial charge in [-0.3, -0.25) is 0 Å². The predicted molar refractivity (Wildman–Crippen MR) is 88.6 cm³/mol. The average Bonchev–Trinajstić information content (AvgIpc) is 2.60. The molecule has 1 aromatic carbocycles. The van der Waals surface area contributed by atoms with Gasteiger partial charge >= 0.3 is 0 Å². The molecule has 1 aromatic heterocycles. The summed E-state index contributed by atoms with van der Waals surface area (Å²) in [6.45, 7) is 14.3. The zero-order valence-electron chi connectivity index (χ0n) is 14.0. The number of rotatable bonds is 2. The van der Waals surface area contributed by atoms with E-state index < -0.39 is 0 Å². The van der Waals surface area contributed by atoms with Crippen LogP contribution >= 0.6 is 0 Å². The fourth-order valence-corrected chi connectivity index (χ4v) is 2.70. The Hall–Kier alpha value is -2.03. The van der Waals surface area contributed by atoms with Crippen molar-refractivity contribution in [1.29, 1.82) is 0 Å². The van der Waals surface area contributed by atoms with Gasteiger partial charge in [-0.15, -0.1) is 0 Å². The normalized spacial score (nSPS) is 12.0. The van der Waals surface area contributed by atoms with Crippen LogP contribution in [0.1, 0.15) is 46.1 Å². The molecule has 0 unspecified atom stereocenters. The highest BCUT2D eigenvalue weighted by Gasteiger charge is 2.13. The first-order chi connectivity index (χ1) is 9.73. The number of hydrogen-bond acceptors (Lipinski definition) is 2. The van der Waals surface area contributed by atoms with E-state index in [2.05, 4.69) is 27.7 Å². The lowest BCUT2D eigenvalue weighted by Gasteiger charge is -2.10. The fraction of sp³-hybridized carbons (Fsp3) is 0.389. The molecule has 0 spiro atoms. The lowest BCUT2D eigenvalue weighted by Crippen LogP contribution is -2.04. The van der Waals surface area contributed by atoms with E-state index in [1.165, 1.54) is 11.1 Å². The number of nitrogens with zero attached hydrogens (tertiary/aromatic N) is 2. The second-order valence-corrected chi connectivity index (χ2v) is 5.90. The van der Waals surface area contributed by atoms with Crippen LogP contribution in [0.5, 0.6) is 5.75 Å². The van der Waals surface area contributed by atoms with Crippen molar-refractivity contribution in [2.45, 2.75) is 48.5 Å². The Bertz CT molecular complexity index is 711. The van der Waals surface area contributed by atoms with Crippen molar-refractivity contribution in [3.63, 3.8) is 0 Å². The van der Waals surface area contributed by atoms with E-state index in [1.807, 2.05) is 37.6 Å². The van der Waals surface area contributed by atoms with Crippen LogP contribution in [0.3, 0.4) is 0 Å². The van der Waals surface area contributed by atoms with Crippen LogP contribution in [0.2, 0.25) is 0 Å². The van der Waals surface area contributed by atoms with Crippen LogP contribution < -0.4 is 0 Å². The number of benzene rings is 1. The summed E-state index contributed by atoms with van der Waals surface area (Å²) in [5.41, 5.74) is 8.47. The molecule has 2 rings (SSSR count). The van der Waals surface area contributed by atoms with Crippen molar-refractivity contribution < 1.29 is 5.11 Å². The van der Waals surface area contributed by atoms with Crippen molar-refractivity contribution in [1.82, 2.24) is 4.68 Å². The summed E-state index contributed by atoms with van der Waals surface area (Å²) in [6, 6.07) is 3.96. The summed E-state index contributed by atoms with van der Waals surface area (Å²) in [5, 5.41) is 15.0. The highest BCUT2D eigenvalue weighted by molar-refractivity contribution is 6.01. The van der Waals surface area contributed by atoms with Gasteiger partial charge in [-0.25, -0.2) is 4.68 Å². The zero-order chi connectivity index (χ0) is 15.9. The Kier molecular flexibility index (Phi) is 3.95. The fourth-order valence-electron chi connectivity index (χ4n) is 2.70. The molecular formula is C18H24N2O. The van der Waals surface area contributed by atoms with E-state index in [-0.39, 0.29) is 0 Å². The van der Waals surface area contributed by atoms with Crippen molar-refractivity contribution in [2.75, 3.05) is 0 Å².